The Morgan fingerprint density at radius 3 is 3.00 bits per heavy atom. The molecule has 2 atom stereocenters. The van der Waals surface area contributed by atoms with Crippen LogP contribution in [0.1, 0.15) is 30.5 Å². The molecule has 0 aliphatic heterocycles. The van der Waals surface area contributed by atoms with Gasteiger partial charge < -0.3 is 15.2 Å². The lowest BCUT2D eigenvalue weighted by Gasteiger charge is -2.33. The molecule has 1 aromatic carbocycles. The van der Waals surface area contributed by atoms with Crippen LogP contribution in [0.3, 0.4) is 0 Å². The highest BCUT2D eigenvalue weighted by atomic mass is 16.5. The van der Waals surface area contributed by atoms with E-state index < -0.39 is 0 Å². The lowest BCUT2D eigenvalue weighted by molar-refractivity contribution is -0.126. The number of nitrogens with one attached hydrogen (secondary N) is 1. The molecule has 104 valence electrons. The summed E-state index contributed by atoms with van der Waals surface area (Å²) < 4.78 is 5.12. The van der Waals surface area contributed by atoms with Crippen LogP contribution in [-0.4, -0.2) is 30.8 Å². The average Bonchev–Trinajstić information content (AvgIpc) is 2.45. The van der Waals surface area contributed by atoms with Crippen molar-refractivity contribution in [3.63, 3.8) is 0 Å². The Hall–Kier alpha value is -1.39. The van der Waals surface area contributed by atoms with E-state index in [0.29, 0.717) is 6.61 Å². The van der Waals surface area contributed by atoms with Gasteiger partial charge in [0.05, 0.1) is 6.04 Å². The van der Waals surface area contributed by atoms with Gasteiger partial charge in [-0.15, -0.1) is 0 Å². The molecule has 0 radical (unpaired) electrons. The minimum atomic E-state index is -0.123. The number of rotatable bonds is 5. The molecule has 4 heteroatoms. The summed E-state index contributed by atoms with van der Waals surface area (Å²) in [4.78, 5) is 11.8. The lowest BCUT2D eigenvalue weighted by atomic mass is 9.80. The first-order chi connectivity index (χ1) is 9.26. The second-order valence-electron chi connectivity index (χ2n) is 4.86. The van der Waals surface area contributed by atoms with Crippen LogP contribution in [0.2, 0.25) is 0 Å². The van der Waals surface area contributed by atoms with E-state index in [9.17, 15) is 9.90 Å². The Kier molecular flexibility index (Phi) is 4.93. The van der Waals surface area contributed by atoms with Gasteiger partial charge in [-0.3, -0.25) is 4.79 Å². The minimum absolute atomic E-state index is 0.0767. The number of fused-ring (bicyclic) bond motifs is 1. The maximum absolute atomic E-state index is 11.8. The van der Waals surface area contributed by atoms with Gasteiger partial charge in [0.15, 0.2) is 0 Å². The average molecular weight is 263 g/mol. The third-order valence-electron chi connectivity index (χ3n) is 3.63. The molecule has 1 aromatic rings. The third kappa shape index (κ3) is 3.33. The first-order valence-electron chi connectivity index (χ1n) is 6.82. The molecule has 0 unspecified atom stereocenters. The van der Waals surface area contributed by atoms with Gasteiger partial charge in [0.1, 0.15) is 6.61 Å². The van der Waals surface area contributed by atoms with Crippen molar-refractivity contribution in [2.45, 2.75) is 25.8 Å². The molecule has 0 aromatic heterocycles. The fourth-order valence-corrected chi connectivity index (χ4v) is 2.63. The zero-order valence-corrected chi connectivity index (χ0v) is 11.3. The van der Waals surface area contributed by atoms with Gasteiger partial charge in [-0.25, -0.2) is 0 Å². The number of aryl methyl sites for hydroxylation is 1. The minimum Gasteiger partial charge on any atom is -0.396 e. The highest BCUT2D eigenvalue weighted by Crippen LogP contribution is 2.33. The van der Waals surface area contributed by atoms with Gasteiger partial charge in [0, 0.05) is 19.1 Å². The molecule has 1 aliphatic carbocycles. The molecule has 0 fully saturated rings. The van der Waals surface area contributed by atoms with E-state index in [1.807, 2.05) is 25.1 Å². The first kappa shape index (κ1) is 14.0. The van der Waals surface area contributed by atoms with Gasteiger partial charge in [-0.05, 0) is 30.9 Å². The maximum Gasteiger partial charge on any atom is 0.246 e. The van der Waals surface area contributed by atoms with Crippen molar-refractivity contribution in [3.05, 3.63) is 35.4 Å². The molecule has 2 rings (SSSR count). The summed E-state index contributed by atoms with van der Waals surface area (Å²) in [7, 11) is 0. The highest BCUT2D eigenvalue weighted by molar-refractivity contribution is 5.77. The summed E-state index contributed by atoms with van der Waals surface area (Å²) in [5.74, 6) is -0.0394. The molecule has 0 heterocycles. The molecule has 4 nitrogen and oxygen atoms in total. The van der Waals surface area contributed by atoms with E-state index in [1.54, 1.807) is 0 Å². The van der Waals surface area contributed by atoms with E-state index in [-0.39, 0.29) is 31.1 Å². The number of ether oxygens (including phenoxy) is 1. The van der Waals surface area contributed by atoms with Crippen LogP contribution in [0.4, 0.5) is 0 Å². The van der Waals surface area contributed by atoms with Gasteiger partial charge in [0.2, 0.25) is 5.91 Å². The van der Waals surface area contributed by atoms with Crippen molar-refractivity contribution in [2.24, 2.45) is 5.92 Å². The molecule has 1 aliphatic rings. The van der Waals surface area contributed by atoms with Crippen molar-refractivity contribution in [2.75, 3.05) is 19.8 Å². The Labute approximate surface area is 113 Å². The second kappa shape index (κ2) is 6.68. The SMILES string of the molecule is CCOCC(=O)N[C@H]1c2ccccc2CC[C@H]1CO. The van der Waals surface area contributed by atoms with Crippen molar-refractivity contribution in [3.8, 4) is 0 Å². The molecule has 2 N–H and O–H groups in total. The van der Waals surface area contributed by atoms with E-state index in [0.717, 1.165) is 18.4 Å². The van der Waals surface area contributed by atoms with Crippen LogP contribution in [0.5, 0.6) is 0 Å². The summed E-state index contributed by atoms with van der Waals surface area (Å²) in [5, 5.41) is 12.5. The third-order valence-corrected chi connectivity index (χ3v) is 3.63. The topological polar surface area (TPSA) is 58.6 Å². The highest BCUT2D eigenvalue weighted by Gasteiger charge is 2.29. The number of carbonyl (C=O) groups excluding carboxylic acids is 1. The monoisotopic (exact) mass is 263 g/mol. The second-order valence-corrected chi connectivity index (χ2v) is 4.86. The fraction of sp³-hybridized carbons (Fsp3) is 0.533. The van der Waals surface area contributed by atoms with Crippen LogP contribution >= 0.6 is 0 Å². The van der Waals surface area contributed by atoms with Crippen LogP contribution < -0.4 is 5.32 Å². The smallest absolute Gasteiger partial charge is 0.246 e. The normalized spacial score (nSPS) is 21.8. The standard InChI is InChI=1S/C15H21NO3/c1-2-19-10-14(18)16-15-12(9-17)8-7-11-5-3-4-6-13(11)15/h3-6,12,15,17H,2,7-10H2,1H3,(H,16,18)/t12-,15+/m0/s1. The van der Waals surface area contributed by atoms with Gasteiger partial charge >= 0.3 is 0 Å². The summed E-state index contributed by atoms with van der Waals surface area (Å²) in [6.07, 6.45) is 1.85. The zero-order valence-electron chi connectivity index (χ0n) is 11.3. The molecule has 19 heavy (non-hydrogen) atoms. The summed E-state index contributed by atoms with van der Waals surface area (Å²) in [6, 6.07) is 7.99. The number of hydrogen-bond acceptors (Lipinski definition) is 3. The first-order valence-corrected chi connectivity index (χ1v) is 6.82. The Balaban J connectivity index is 2.13. The van der Waals surface area contributed by atoms with Gasteiger partial charge in [0.25, 0.3) is 0 Å². The van der Waals surface area contributed by atoms with Crippen molar-refractivity contribution < 1.29 is 14.6 Å². The Morgan fingerprint density at radius 2 is 2.26 bits per heavy atom. The summed E-state index contributed by atoms with van der Waals surface area (Å²) >= 11 is 0. The van der Waals surface area contributed by atoms with Crippen molar-refractivity contribution >= 4 is 5.91 Å². The van der Waals surface area contributed by atoms with Gasteiger partial charge in [-0.2, -0.15) is 0 Å². The summed E-state index contributed by atoms with van der Waals surface area (Å²) in [6.45, 7) is 2.55. The van der Waals surface area contributed by atoms with Crippen LogP contribution in [0.25, 0.3) is 0 Å². The van der Waals surface area contributed by atoms with Gasteiger partial charge in [-0.1, -0.05) is 24.3 Å². The number of hydrogen-bond donors (Lipinski definition) is 2. The lowest BCUT2D eigenvalue weighted by Crippen LogP contribution is -2.39. The molecule has 0 saturated heterocycles. The molecular formula is C15H21NO3. The van der Waals surface area contributed by atoms with Crippen molar-refractivity contribution in [1.82, 2.24) is 5.32 Å². The van der Waals surface area contributed by atoms with E-state index in [2.05, 4.69) is 11.4 Å². The van der Waals surface area contributed by atoms with E-state index in [1.165, 1.54) is 5.56 Å². The Bertz CT molecular complexity index is 433. The quantitative estimate of drug-likeness (QED) is 0.845. The van der Waals surface area contributed by atoms with Crippen LogP contribution in [0, 0.1) is 5.92 Å². The molecule has 0 bridgehead atoms. The van der Waals surface area contributed by atoms with Crippen LogP contribution in [-0.2, 0) is 16.0 Å². The summed E-state index contributed by atoms with van der Waals surface area (Å²) in [5.41, 5.74) is 2.38. The van der Waals surface area contributed by atoms with E-state index in [4.69, 9.17) is 4.74 Å². The number of aliphatic hydroxyl groups is 1. The predicted octanol–water partition coefficient (Wildman–Crippen LogP) is 1.44. The zero-order chi connectivity index (χ0) is 13.7. The molecular weight excluding hydrogens is 242 g/mol. The van der Waals surface area contributed by atoms with Crippen molar-refractivity contribution in [1.29, 1.82) is 0 Å². The molecule has 0 spiro atoms. The number of carbonyl (C=O) groups is 1. The largest absolute Gasteiger partial charge is 0.396 e. The predicted molar refractivity (Wildman–Crippen MR) is 72.7 cm³/mol. The van der Waals surface area contributed by atoms with E-state index >= 15 is 0 Å². The molecule has 1 amide bonds. The maximum atomic E-state index is 11.8. The number of aliphatic hydroxyl groups excluding tert-OH is 1. The van der Waals surface area contributed by atoms with Crippen LogP contribution in [0.15, 0.2) is 24.3 Å². The number of amides is 1. The Morgan fingerprint density at radius 1 is 1.47 bits per heavy atom. The fourth-order valence-electron chi connectivity index (χ4n) is 2.63. The number of benzene rings is 1. The molecule has 0 saturated carbocycles.